The Morgan fingerprint density at radius 1 is 1.17 bits per heavy atom. The Balaban J connectivity index is 1.66. The maximum Gasteiger partial charge on any atom is 0.435 e. The number of halogens is 4. The van der Waals surface area contributed by atoms with Crippen molar-refractivity contribution in [3.8, 4) is 0 Å². The lowest BCUT2D eigenvalue weighted by molar-refractivity contribution is -0.142. The molecule has 2 aromatic rings. The molecule has 1 unspecified atom stereocenters. The van der Waals surface area contributed by atoms with Crippen LogP contribution in [0, 0.1) is 0 Å². The number of rotatable bonds is 5. The number of aromatic nitrogens is 2. The van der Waals surface area contributed by atoms with Crippen molar-refractivity contribution in [1.82, 2.24) is 14.7 Å². The molecule has 2 heterocycles. The van der Waals surface area contributed by atoms with Gasteiger partial charge in [0.1, 0.15) is 6.54 Å². The van der Waals surface area contributed by atoms with E-state index in [-0.39, 0.29) is 18.4 Å². The summed E-state index contributed by atoms with van der Waals surface area (Å²) in [5, 5.41) is 4.34. The summed E-state index contributed by atoms with van der Waals surface area (Å²) in [6.07, 6.45) is -3.86. The summed E-state index contributed by atoms with van der Waals surface area (Å²) in [6, 6.07) is 8.56. The first-order chi connectivity index (χ1) is 13.7. The zero-order chi connectivity index (χ0) is 21.2. The summed E-state index contributed by atoms with van der Waals surface area (Å²) in [5.41, 5.74) is 0.517. The fourth-order valence-electron chi connectivity index (χ4n) is 3.40. The molecular weight excluding hydrogens is 405 g/mol. The van der Waals surface area contributed by atoms with Crippen LogP contribution in [0.25, 0.3) is 0 Å². The van der Waals surface area contributed by atoms with Gasteiger partial charge in [0.15, 0.2) is 5.69 Å². The smallest absolute Gasteiger partial charge is 0.368 e. The molecule has 0 radical (unpaired) electrons. The Hall–Kier alpha value is -2.22. The second-order valence-corrected chi connectivity index (χ2v) is 7.70. The third-order valence-corrected chi connectivity index (χ3v) is 5.58. The van der Waals surface area contributed by atoms with E-state index < -0.39 is 11.9 Å². The quantitative estimate of drug-likeness (QED) is 0.708. The predicted molar refractivity (Wildman–Crippen MR) is 106 cm³/mol. The summed E-state index contributed by atoms with van der Waals surface area (Å²) >= 11 is 5.92. The lowest BCUT2D eigenvalue weighted by atomic mass is 10.0. The molecule has 1 fully saturated rings. The van der Waals surface area contributed by atoms with Crippen LogP contribution in [-0.4, -0.2) is 46.8 Å². The van der Waals surface area contributed by atoms with E-state index in [1.54, 1.807) is 4.90 Å². The third kappa shape index (κ3) is 5.04. The number of nitrogens with zero attached hydrogens (tertiary/aromatic N) is 4. The Morgan fingerprint density at radius 3 is 2.34 bits per heavy atom. The van der Waals surface area contributed by atoms with Crippen molar-refractivity contribution in [2.45, 2.75) is 38.9 Å². The number of amides is 1. The molecule has 5 nitrogen and oxygen atoms in total. The normalized spacial score (nSPS) is 16.2. The van der Waals surface area contributed by atoms with E-state index in [0.29, 0.717) is 43.3 Å². The number of hydrogen-bond donors (Lipinski definition) is 0. The number of carbonyl (C=O) groups excluding carboxylic acids is 1. The van der Waals surface area contributed by atoms with E-state index in [1.165, 1.54) is 4.68 Å². The molecule has 0 N–H and O–H groups in total. The van der Waals surface area contributed by atoms with Gasteiger partial charge in [0, 0.05) is 42.6 Å². The van der Waals surface area contributed by atoms with Gasteiger partial charge in [0.05, 0.1) is 0 Å². The summed E-state index contributed by atoms with van der Waals surface area (Å²) in [4.78, 5) is 16.6. The van der Waals surface area contributed by atoms with Crippen molar-refractivity contribution >= 4 is 23.2 Å². The van der Waals surface area contributed by atoms with Crippen LogP contribution in [0.4, 0.5) is 18.9 Å². The van der Waals surface area contributed by atoms with E-state index >= 15 is 0 Å². The molecule has 1 aromatic carbocycles. The van der Waals surface area contributed by atoms with Gasteiger partial charge >= 0.3 is 6.18 Å². The molecule has 1 aromatic heterocycles. The van der Waals surface area contributed by atoms with E-state index in [1.807, 2.05) is 38.1 Å². The van der Waals surface area contributed by atoms with Crippen molar-refractivity contribution < 1.29 is 18.0 Å². The molecule has 1 aliphatic rings. The average molecular weight is 429 g/mol. The number of hydrogen-bond acceptors (Lipinski definition) is 3. The molecule has 1 atom stereocenters. The Bertz CT molecular complexity index is 842. The van der Waals surface area contributed by atoms with Crippen molar-refractivity contribution in [3.05, 3.63) is 46.7 Å². The zero-order valence-electron chi connectivity index (χ0n) is 16.4. The molecule has 0 spiro atoms. The maximum atomic E-state index is 13.1. The fourth-order valence-corrected chi connectivity index (χ4v) is 3.52. The Labute approximate surface area is 173 Å². The van der Waals surface area contributed by atoms with E-state index in [2.05, 4.69) is 10.00 Å². The van der Waals surface area contributed by atoms with Crippen molar-refractivity contribution in [1.29, 1.82) is 0 Å². The van der Waals surface area contributed by atoms with E-state index in [9.17, 15) is 18.0 Å². The van der Waals surface area contributed by atoms with Crippen LogP contribution in [0.2, 0.25) is 5.02 Å². The number of alkyl halides is 3. The molecule has 3 rings (SSSR count). The van der Waals surface area contributed by atoms with Crippen molar-refractivity contribution in [3.63, 3.8) is 0 Å². The lowest BCUT2D eigenvalue weighted by Gasteiger charge is -2.36. The highest BCUT2D eigenvalue weighted by molar-refractivity contribution is 6.30. The zero-order valence-corrected chi connectivity index (χ0v) is 17.2. The summed E-state index contributed by atoms with van der Waals surface area (Å²) in [7, 11) is 0. The lowest BCUT2D eigenvalue weighted by Crippen LogP contribution is -2.49. The van der Waals surface area contributed by atoms with Gasteiger partial charge in [-0.3, -0.25) is 9.48 Å². The van der Waals surface area contributed by atoms with Gasteiger partial charge in [-0.25, -0.2) is 0 Å². The van der Waals surface area contributed by atoms with Crippen LogP contribution in [0.5, 0.6) is 0 Å². The molecule has 1 aliphatic heterocycles. The molecule has 1 amide bonds. The first-order valence-electron chi connectivity index (χ1n) is 9.62. The topological polar surface area (TPSA) is 41.4 Å². The van der Waals surface area contributed by atoms with Crippen molar-refractivity contribution in [2.24, 2.45) is 0 Å². The van der Waals surface area contributed by atoms with Crippen LogP contribution < -0.4 is 4.90 Å². The molecule has 0 bridgehead atoms. The van der Waals surface area contributed by atoms with Crippen LogP contribution in [0.1, 0.15) is 37.6 Å². The molecule has 29 heavy (non-hydrogen) atoms. The first-order valence-corrected chi connectivity index (χ1v) is 10.00. The van der Waals surface area contributed by atoms with Gasteiger partial charge in [-0.2, -0.15) is 18.3 Å². The summed E-state index contributed by atoms with van der Waals surface area (Å²) < 4.78 is 40.5. The minimum atomic E-state index is -4.53. The SMILES string of the molecule is CCC(C)c1cc(C(F)(F)F)nn1CC(=O)N1CCN(c2ccc(Cl)cc2)CC1. The average Bonchev–Trinajstić information content (AvgIpc) is 3.12. The highest BCUT2D eigenvalue weighted by atomic mass is 35.5. The highest BCUT2D eigenvalue weighted by Crippen LogP contribution is 2.31. The van der Waals surface area contributed by atoms with E-state index in [4.69, 9.17) is 11.6 Å². The van der Waals surface area contributed by atoms with Crippen LogP contribution in [-0.2, 0) is 17.5 Å². The van der Waals surface area contributed by atoms with Gasteiger partial charge in [-0.05, 0) is 42.7 Å². The fraction of sp³-hybridized carbons (Fsp3) is 0.500. The first kappa shape index (κ1) is 21.5. The minimum Gasteiger partial charge on any atom is -0.368 e. The molecular formula is C20H24ClF3N4O. The van der Waals surface area contributed by atoms with Crippen LogP contribution >= 0.6 is 11.6 Å². The van der Waals surface area contributed by atoms with Gasteiger partial charge in [-0.1, -0.05) is 25.4 Å². The number of carbonyl (C=O) groups is 1. The van der Waals surface area contributed by atoms with Crippen LogP contribution in [0.15, 0.2) is 30.3 Å². The second-order valence-electron chi connectivity index (χ2n) is 7.26. The van der Waals surface area contributed by atoms with Gasteiger partial charge in [0.2, 0.25) is 5.91 Å². The second kappa shape index (κ2) is 8.65. The Morgan fingerprint density at radius 2 is 1.79 bits per heavy atom. The largest absolute Gasteiger partial charge is 0.435 e. The number of anilines is 1. The molecule has 158 valence electrons. The number of benzene rings is 1. The summed E-state index contributed by atoms with van der Waals surface area (Å²) in [5.74, 6) is -0.338. The summed E-state index contributed by atoms with van der Waals surface area (Å²) in [6.45, 7) is 5.87. The van der Waals surface area contributed by atoms with Crippen molar-refractivity contribution in [2.75, 3.05) is 31.1 Å². The molecule has 0 aliphatic carbocycles. The van der Waals surface area contributed by atoms with Gasteiger partial charge < -0.3 is 9.80 Å². The van der Waals surface area contributed by atoms with Gasteiger partial charge in [-0.15, -0.1) is 0 Å². The molecule has 9 heteroatoms. The van der Waals surface area contributed by atoms with Crippen LogP contribution in [0.3, 0.4) is 0 Å². The Kier molecular flexibility index (Phi) is 6.41. The molecule has 0 saturated carbocycles. The highest BCUT2D eigenvalue weighted by Gasteiger charge is 2.36. The standard InChI is InChI=1S/C20H24ClF3N4O/c1-3-14(2)17-12-18(20(22,23)24)25-28(17)13-19(29)27-10-8-26(9-11-27)16-6-4-15(21)5-7-16/h4-7,12,14H,3,8-11,13H2,1-2H3. The number of piperazine rings is 1. The predicted octanol–water partition coefficient (Wildman–Crippen LogP) is 4.42. The van der Waals surface area contributed by atoms with E-state index in [0.717, 1.165) is 11.8 Å². The monoisotopic (exact) mass is 428 g/mol. The van der Waals surface area contributed by atoms with Gasteiger partial charge in [0.25, 0.3) is 0 Å². The minimum absolute atomic E-state index is 0.117. The maximum absolute atomic E-state index is 13.1. The molecule has 1 saturated heterocycles. The third-order valence-electron chi connectivity index (χ3n) is 5.33.